The summed E-state index contributed by atoms with van der Waals surface area (Å²) in [4.78, 5) is 15.0. The summed E-state index contributed by atoms with van der Waals surface area (Å²) in [5, 5.41) is 8.87. The number of likely N-dealkylation sites (tertiary alicyclic amines) is 1. The highest BCUT2D eigenvalue weighted by atomic mass is 35.5. The number of halogens is 2. The van der Waals surface area contributed by atoms with E-state index >= 15 is 0 Å². The summed E-state index contributed by atoms with van der Waals surface area (Å²) in [6.07, 6.45) is 3.02. The number of benzene rings is 1. The fraction of sp³-hybridized carbons (Fsp3) is 0.562. The number of hydrogen-bond donors (Lipinski definition) is 1. The molecule has 0 bridgehead atoms. The fourth-order valence-electron chi connectivity index (χ4n) is 2.97. The number of aliphatic carboxylic acids is 1. The van der Waals surface area contributed by atoms with Crippen LogP contribution in [0, 0.1) is 5.82 Å². The number of likely N-dealkylation sites (N-methyl/N-ethyl adjacent to an activating group) is 1. The third kappa shape index (κ3) is 5.91. The van der Waals surface area contributed by atoms with E-state index in [1.165, 1.54) is 6.07 Å². The molecule has 2 rings (SSSR count). The van der Waals surface area contributed by atoms with Gasteiger partial charge in [0.1, 0.15) is 5.82 Å². The van der Waals surface area contributed by atoms with Crippen LogP contribution < -0.4 is 0 Å². The second-order valence-corrected chi connectivity index (χ2v) is 5.80. The van der Waals surface area contributed by atoms with Gasteiger partial charge < -0.3 is 5.11 Å². The van der Waals surface area contributed by atoms with E-state index in [4.69, 9.17) is 5.11 Å². The molecule has 1 fully saturated rings. The van der Waals surface area contributed by atoms with Gasteiger partial charge >= 0.3 is 5.97 Å². The predicted molar refractivity (Wildman–Crippen MR) is 86.8 cm³/mol. The van der Waals surface area contributed by atoms with Crippen LogP contribution in [0.2, 0.25) is 0 Å². The number of carboxylic acids is 1. The lowest BCUT2D eigenvalue weighted by atomic mass is 10.1. The van der Waals surface area contributed by atoms with Crippen molar-refractivity contribution in [1.29, 1.82) is 0 Å². The third-order valence-electron chi connectivity index (χ3n) is 4.09. The minimum Gasteiger partial charge on any atom is -0.480 e. The molecule has 1 atom stereocenters. The molecule has 0 aliphatic carbocycles. The molecule has 0 radical (unpaired) electrons. The molecule has 0 aromatic heterocycles. The average molecular weight is 331 g/mol. The minimum absolute atomic E-state index is 0. The lowest BCUT2D eigenvalue weighted by Gasteiger charge is -2.25. The van der Waals surface area contributed by atoms with E-state index < -0.39 is 5.97 Å². The first kappa shape index (κ1) is 18.9. The molecule has 1 heterocycles. The smallest absolute Gasteiger partial charge is 0.317 e. The molecule has 1 aromatic carbocycles. The molecule has 0 amide bonds. The highest BCUT2D eigenvalue weighted by Gasteiger charge is 2.21. The Balaban J connectivity index is 0.00000242. The summed E-state index contributed by atoms with van der Waals surface area (Å²) in [5.41, 5.74) is 0.993. The summed E-state index contributed by atoms with van der Waals surface area (Å²) in [6, 6.07) is 7.05. The van der Waals surface area contributed by atoms with Crippen molar-refractivity contribution in [2.75, 3.05) is 26.7 Å². The molecule has 1 aliphatic rings. The molecule has 6 heteroatoms. The normalized spacial score (nSPS) is 19.5. The number of carboxylic acid groups (broad SMARTS) is 1. The Morgan fingerprint density at radius 2 is 2.18 bits per heavy atom. The van der Waals surface area contributed by atoms with Crippen molar-refractivity contribution in [2.24, 2.45) is 0 Å². The zero-order chi connectivity index (χ0) is 15.2. The molecule has 1 N–H and O–H groups in total. The topological polar surface area (TPSA) is 43.8 Å². The Morgan fingerprint density at radius 1 is 1.41 bits per heavy atom. The summed E-state index contributed by atoms with van der Waals surface area (Å²) in [6.45, 7) is 2.75. The van der Waals surface area contributed by atoms with Gasteiger partial charge in [-0.2, -0.15) is 0 Å². The van der Waals surface area contributed by atoms with Crippen LogP contribution in [0.25, 0.3) is 0 Å². The van der Waals surface area contributed by atoms with Crippen molar-refractivity contribution in [3.05, 3.63) is 35.6 Å². The zero-order valence-corrected chi connectivity index (χ0v) is 13.7. The molecule has 1 unspecified atom stereocenters. The maximum atomic E-state index is 13.2. The monoisotopic (exact) mass is 330 g/mol. The predicted octanol–water partition coefficient (Wildman–Crippen LogP) is 2.62. The van der Waals surface area contributed by atoms with Gasteiger partial charge in [0.15, 0.2) is 0 Å². The first-order valence-electron chi connectivity index (χ1n) is 7.43. The van der Waals surface area contributed by atoms with Crippen molar-refractivity contribution in [2.45, 2.75) is 31.8 Å². The van der Waals surface area contributed by atoms with Gasteiger partial charge in [-0.3, -0.25) is 14.6 Å². The number of rotatable bonds is 5. The van der Waals surface area contributed by atoms with Crippen molar-refractivity contribution < 1.29 is 14.3 Å². The van der Waals surface area contributed by atoms with E-state index in [1.54, 1.807) is 12.1 Å². The maximum absolute atomic E-state index is 13.2. The Labute approximate surface area is 137 Å². The Hall–Kier alpha value is -1.17. The van der Waals surface area contributed by atoms with E-state index in [0.29, 0.717) is 6.04 Å². The molecule has 1 aromatic rings. The third-order valence-corrected chi connectivity index (χ3v) is 4.09. The van der Waals surface area contributed by atoms with Gasteiger partial charge in [0.05, 0.1) is 6.54 Å². The number of nitrogens with zero attached hydrogens (tertiary/aromatic N) is 2. The van der Waals surface area contributed by atoms with Gasteiger partial charge in [-0.15, -0.1) is 12.4 Å². The van der Waals surface area contributed by atoms with E-state index in [9.17, 15) is 9.18 Å². The largest absolute Gasteiger partial charge is 0.480 e. The van der Waals surface area contributed by atoms with Crippen LogP contribution in [0.1, 0.15) is 24.8 Å². The highest BCUT2D eigenvalue weighted by molar-refractivity contribution is 5.85. The quantitative estimate of drug-likeness (QED) is 0.901. The maximum Gasteiger partial charge on any atom is 0.317 e. The van der Waals surface area contributed by atoms with Gasteiger partial charge in [0, 0.05) is 12.6 Å². The average Bonchev–Trinajstić information content (AvgIpc) is 2.63. The van der Waals surface area contributed by atoms with Gasteiger partial charge in [-0.1, -0.05) is 12.1 Å². The number of hydrogen-bond acceptors (Lipinski definition) is 3. The second-order valence-electron chi connectivity index (χ2n) is 5.80. The Morgan fingerprint density at radius 3 is 2.86 bits per heavy atom. The van der Waals surface area contributed by atoms with E-state index in [1.807, 2.05) is 18.0 Å². The number of carbonyl (C=O) groups is 1. The molecular formula is C16H24ClFN2O2. The van der Waals surface area contributed by atoms with E-state index in [-0.39, 0.29) is 24.8 Å². The van der Waals surface area contributed by atoms with Crippen LogP contribution in [0.5, 0.6) is 0 Å². The standard InChI is InChI=1S/C16H23FN2O2.ClH/c1-18(12-16(20)21)15-6-3-8-19(9-7-15)11-13-4-2-5-14(17)10-13;/h2,4-5,10,15H,3,6-9,11-12H2,1H3,(H,20,21);1H. The molecule has 4 nitrogen and oxygen atoms in total. The lowest BCUT2D eigenvalue weighted by molar-refractivity contribution is -0.138. The molecule has 124 valence electrons. The molecule has 0 spiro atoms. The molecule has 0 saturated carbocycles. The van der Waals surface area contributed by atoms with Crippen molar-refractivity contribution >= 4 is 18.4 Å². The highest BCUT2D eigenvalue weighted by Crippen LogP contribution is 2.17. The van der Waals surface area contributed by atoms with E-state index in [2.05, 4.69) is 4.90 Å². The zero-order valence-electron chi connectivity index (χ0n) is 12.9. The van der Waals surface area contributed by atoms with Crippen LogP contribution in [0.3, 0.4) is 0 Å². The molecular weight excluding hydrogens is 307 g/mol. The fourth-order valence-corrected chi connectivity index (χ4v) is 2.97. The lowest BCUT2D eigenvalue weighted by Crippen LogP contribution is -2.36. The molecule has 1 saturated heterocycles. The van der Waals surface area contributed by atoms with Gasteiger partial charge in [0.25, 0.3) is 0 Å². The second kappa shape index (κ2) is 9.08. The van der Waals surface area contributed by atoms with Crippen LogP contribution in [0.4, 0.5) is 4.39 Å². The van der Waals surface area contributed by atoms with Crippen LogP contribution in [-0.2, 0) is 11.3 Å². The van der Waals surface area contributed by atoms with Crippen LogP contribution in [0.15, 0.2) is 24.3 Å². The molecule has 1 aliphatic heterocycles. The molecule has 22 heavy (non-hydrogen) atoms. The summed E-state index contributed by atoms with van der Waals surface area (Å²) in [5.74, 6) is -0.972. The van der Waals surface area contributed by atoms with Crippen molar-refractivity contribution in [3.63, 3.8) is 0 Å². The summed E-state index contributed by atoms with van der Waals surface area (Å²) >= 11 is 0. The minimum atomic E-state index is -0.779. The van der Waals surface area contributed by atoms with Gasteiger partial charge in [-0.05, 0) is 57.1 Å². The van der Waals surface area contributed by atoms with Crippen molar-refractivity contribution in [3.8, 4) is 0 Å². The first-order valence-corrected chi connectivity index (χ1v) is 7.43. The Kier molecular flexibility index (Phi) is 7.79. The van der Waals surface area contributed by atoms with Gasteiger partial charge in [0.2, 0.25) is 0 Å². The Bertz CT molecular complexity index is 487. The van der Waals surface area contributed by atoms with Crippen molar-refractivity contribution in [1.82, 2.24) is 9.80 Å². The summed E-state index contributed by atoms with van der Waals surface area (Å²) < 4.78 is 13.2. The SMILES string of the molecule is CN(CC(=O)O)C1CCCN(Cc2cccc(F)c2)CC1.Cl. The van der Waals surface area contributed by atoms with E-state index in [0.717, 1.165) is 44.5 Å². The van der Waals surface area contributed by atoms with Gasteiger partial charge in [-0.25, -0.2) is 4.39 Å². The summed E-state index contributed by atoms with van der Waals surface area (Å²) in [7, 11) is 1.88. The van der Waals surface area contributed by atoms with Crippen LogP contribution in [-0.4, -0.2) is 53.6 Å². The first-order chi connectivity index (χ1) is 10.0. The van der Waals surface area contributed by atoms with Crippen LogP contribution >= 0.6 is 12.4 Å².